The molecule has 0 spiro atoms. The van der Waals surface area contributed by atoms with E-state index in [1.807, 2.05) is 44.8 Å². The molecule has 0 aromatic heterocycles. The van der Waals surface area contributed by atoms with Crippen molar-refractivity contribution in [3.63, 3.8) is 0 Å². The number of aliphatic hydroxyl groups is 2. The largest absolute Gasteiger partial charge is 0.504 e. The van der Waals surface area contributed by atoms with Gasteiger partial charge < -0.3 is 34.2 Å². The Balaban J connectivity index is 1.95. The van der Waals surface area contributed by atoms with Crippen LogP contribution in [0.15, 0.2) is 34.3 Å². The maximum atomic E-state index is 14.0. The number of rotatable bonds is 8. The third-order valence-electron chi connectivity index (χ3n) is 9.16. The number of aliphatic hydroxyl groups excluding tert-OH is 2. The summed E-state index contributed by atoms with van der Waals surface area (Å²) in [5.74, 6) is -2.54. The molecule has 0 aromatic carbocycles. The van der Waals surface area contributed by atoms with E-state index in [-0.39, 0.29) is 30.1 Å². The van der Waals surface area contributed by atoms with Gasteiger partial charge in [0.05, 0.1) is 23.7 Å². The topological polar surface area (TPSA) is 126 Å². The molecule has 4 aliphatic rings. The van der Waals surface area contributed by atoms with Crippen molar-refractivity contribution in [3.8, 4) is 0 Å². The van der Waals surface area contributed by atoms with Gasteiger partial charge in [-0.25, -0.2) is 4.79 Å². The smallest absolute Gasteiger partial charge is 0.340 e. The Morgan fingerprint density at radius 3 is 2.49 bits per heavy atom. The van der Waals surface area contributed by atoms with E-state index in [0.29, 0.717) is 37.0 Å². The van der Waals surface area contributed by atoms with Gasteiger partial charge in [0.15, 0.2) is 5.76 Å². The quantitative estimate of drug-likeness (QED) is 0.345. The van der Waals surface area contributed by atoms with Gasteiger partial charge in [0.25, 0.3) is 0 Å². The molecule has 10 nitrogen and oxygen atoms in total. The molecular weight excluding hydrogens is 504 g/mol. The summed E-state index contributed by atoms with van der Waals surface area (Å²) in [6.07, 6.45) is 0.694. The molecule has 0 bridgehead atoms. The van der Waals surface area contributed by atoms with E-state index in [9.17, 15) is 24.6 Å². The maximum absolute atomic E-state index is 14.0. The van der Waals surface area contributed by atoms with E-state index in [1.54, 1.807) is 13.1 Å². The van der Waals surface area contributed by atoms with Crippen LogP contribution in [-0.2, 0) is 28.6 Å². The van der Waals surface area contributed by atoms with Crippen LogP contribution in [0.1, 0.15) is 46.5 Å². The number of hydrogen-bond donors (Lipinski definition) is 2. The molecule has 216 valence electrons. The van der Waals surface area contributed by atoms with Crippen LogP contribution in [0.3, 0.4) is 0 Å². The maximum Gasteiger partial charge on any atom is 0.340 e. The van der Waals surface area contributed by atoms with Crippen molar-refractivity contribution in [1.82, 2.24) is 9.80 Å². The third-order valence-corrected chi connectivity index (χ3v) is 9.16. The summed E-state index contributed by atoms with van der Waals surface area (Å²) in [7, 11) is 7.19. The van der Waals surface area contributed by atoms with Crippen LogP contribution in [0.25, 0.3) is 0 Å². The normalized spacial score (nSPS) is 35.2. The lowest BCUT2D eigenvalue weighted by Gasteiger charge is -2.54. The number of allylic oxidation sites excluding steroid dienone is 1. The molecule has 10 heteroatoms. The zero-order valence-electron chi connectivity index (χ0n) is 24.1. The van der Waals surface area contributed by atoms with Crippen molar-refractivity contribution >= 4 is 17.7 Å². The van der Waals surface area contributed by atoms with E-state index >= 15 is 0 Å². The van der Waals surface area contributed by atoms with E-state index in [2.05, 4.69) is 0 Å². The molecule has 39 heavy (non-hydrogen) atoms. The summed E-state index contributed by atoms with van der Waals surface area (Å²) in [6, 6.07) is 0. The van der Waals surface area contributed by atoms with Crippen LogP contribution in [0.5, 0.6) is 0 Å². The number of cyclic esters (lactones) is 1. The van der Waals surface area contributed by atoms with Crippen molar-refractivity contribution < 1.29 is 38.8 Å². The Labute approximate surface area is 230 Å². The van der Waals surface area contributed by atoms with Gasteiger partial charge in [-0.3, -0.25) is 9.59 Å². The number of nitrogens with zero attached hydrogens (tertiary/aromatic N) is 2. The molecule has 0 aromatic rings. The number of ether oxygens (including phenoxy) is 3. The zero-order valence-corrected chi connectivity index (χ0v) is 24.1. The average Bonchev–Trinajstić information content (AvgIpc) is 3.17. The van der Waals surface area contributed by atoms with Crippen LogP contribution < -0.4 is 0 Å². The van der Waals surface area contributed by atoms with E-state index < -0.39 is 52.6 Å². The van der Waals surface area contributed by atoms with Crippen LogP contribution in [0.2, 0.25) is 0 Å². The molecule has 0 radical (unpaired) electrons. The van der Waals surface area contributed by atoms with Crippen molar-refractivity contribution in [2.45, 2.75) is 64.8 Å². The predicted octanol–water partition coefficient (Wildman–Crippen LogP) is 2.14. The molecule has 3 aliphatic carbocycles. The summed E-state index contributed by atoms with van der Waals surface area (Å²) in [5, 5.41) is 22.6. The number of Topliss-reactive ketones (excluding diaryl/α,β-unsaturated/α-hetero) is 1. The predicted molar refractivity (Wildman–Crippen MR) is 142 cm³/mol. The van der Waals surface area contributed by atoms with E-state index in [4.69, 9.17) is 14.2 Å². The van der Waals surface area contributed by atoms with Gasteiger partial charge in [0.2, 0.25) is 5.78 Å². The molecule has 1 saturated carbocycles. The minimum atomic E-state index is -1.21. The Morgan fingerprint density at radius 2 is 1.87 bits per heavy atom. The van der Waals surface area contributed by atoms with Crippen molar-refractivity contribution in [1.29, 1.82) is 0 Å². The van der Waals surface area contributed by atoms with Gasteiger partial charge in [0, 0.05) is 56.4 Å². The minimum Gasteiger partial charge on any atom is -0.504 e. The fraction of sp³-hybridized carbons (Fsp3) is 0.690. The summed E-state index contributed by atoms with van der Waals surface area (Å²) in [5.41, 5.74) is -0.773. The first-order valence-electron chi connectivity index (χ1n) is 13.7. The Kier molecular flexibility index (Phi) is 8.04. The Bertz CT molecular complexity index is 1140. The molecule has 6 unspecified atom stereocenters. The molecule has 1 saturated heterocycles. The average molecular weight is 547 g/mol. The number of carbonyl (C=O) groups excluding carboxylic acids is 3. The van der Waals surface area contributed by atoms with E-state index in [0.717, 1.165) is 6.54 Å². The number of fused-ring (bicyclic) bond motifs is 4. The summed E-state index contributed by atoms with van der Waals surface area (Å²) in [6.45, 7) is 6.75. The van der Waals surface area contributed by atoms with Crippen LogP contribution in [0, 0.1) is 16.7 Å². The van der Waals surface area contributed by atoms with Gasteiger partial charge in [-0.05, 0) is 51.8 Å². The number of hydrogen-bond acceptors (Lipinski definition) is 10. The lowest BCUT2D eigenvalue weighted by atomic mass is 9.53. The highest BCUT2D eigenvalue weighted by Gasteiger charge is 2.64. The fourth-order valence-electron chi connectivity index (χ4n) is 6.96. The number of likely N-dealkylation sites (N-methyl/N-ethyl adjacent to an activating group) is 2. The summed E-state index contributed by atoms with van der Waals surface area (Å²) >= 11 is 0. The van der Waals surface area contributed by atoms with Crippen LogP contribution >= 0.6 is 0 Å². The Hall–Kier alpha value is -2.69. The number of esters is 2. The molecule has 2 N–H and O–H groups in total. The SMILES string of the molecule is CCC(=O)OC1CC2(C)C(O)CCC2C2=C1C1(C)C(=C(O)C2=O)/C(=C/N(C)CCN(C)C)C(=O)OC1COC. The summed E-state index contributed by atoms with van der Waals surface area (Å²) in [4.78, 5) is 43.9. The first-order valence-corrected chi connectivity index (χ1v) is 13.7. The monoisotopic (exact) mass is 546 g/mol. The highest BCUT2D eigenvalue weighted by Crippen LogP contribution is 2.63. The lowest BCUT2D eigenvalue weighted by molar-refractivity contribution is -0.161. The molecule has 4 rings (SSSR count). The lowest BCUT2D eigenvalue weighted by Crippen LogP contribution is -2.57. The number of methoxy groups -OCH3 is 1. The van der Waals surface area contributed by atoms with Gasteiger partial charge in [-0.15, -0.1) is 0 Å². The van der Waals surface area contributed by atoms with Gasteiger partial charge in [-0.1, -0.05) is 13.8 Å². The van der Waals surface area contributed by atoms with Gasteiger partial charge in [-0.2, -0.15) is 0 Å². The van der Waals surface area contributed by atoms with Crippen molar-refractivity contribution in [2.24, 2.45) is 16.7 Å². The first kappa shape index (κ1) is 29.3. The molecular formula is C29H42N2O8. The van der Waals surface area contributed by atoms with Crippen molar-refractivity contribution in [3.05, 3.63) is 34.3 Å². The van der Waals surface area contributed by atoms with Crippen LogP contribution in [-0.4, -0.2) is 104 Å². The fourth-order valence-corrected chi connectivity index (χ4v) is 6.96. The molecule has 1 aliphatic heterocycles. The standard InChI is InChI=1S/C29H42N2O8/c1-8-21(33)38-18-13-28(2)17(9-10-19(28)32)22-24(18)29(3)20(15-37-7)39-27(36)16(23(29)26(35)25(22)34)14-31(6)12-11-30(4)5/h14,17-20,32,35H,8-13,15H2,1-7H3/b16-14-. The minimum absolute atomic E-state index is 0.00669. The van der Waals surface area contributed by atoms with Crippen LogP contribution in [0.4, 0.5) is 0 Å². The second-order valence-electron chi connectivity index (χ2n) is 11.9. The van der Waals surface area contributed by atoms with E-state index in [1.165, 1.54) is 7.11 Å². The second kappa shape index (κ2) is 10.7. The highest BCUT2D eigenvalue weighted by atomic mass is 16.6. The van der Waals surface area contributed by atoms with Crippen molar-refractivity contribution in [2.75, 3.05) is 47.9 Å². The third kappa shape index (κ3) is 4.70. The second-order valence-corrected chi connectivity index (χ2v) is 11.9. The number of ketones is 1. The zero-order chi connectivity index (χ0) is 28.9. The van der Waals surface area contributed by atoms with Gasteiger partial charge in [0.1, 0.15) is 12.2 Å². The summed E-state index contributed by atoms with van der Waals surface area (Å²) < 4.78 is 17.4. The molecule has 2 fully saturated rings. The Morgan fingerprint density at radius 1 is 1.18 bits per heavy atom. The molecule has 0 amide bonds. The first-order chi connectivity index (χ1) is 18.3. The molecule has 1 heterocycles. The van der Waals surface area contributed by atoms with Gasteiger partial charge >= 0.3 is 11.9 Å². The highest BCUT2D eigenvalue weighted by molar-refractivity contribution is 6.13. The number of carbonyl (C=O) groups is 3. The molecule has 6 atom stereocenters.